The Hall–Kier alpha value is -0.570. The van der Waals surface area contributed by atoms with Crippen LogP contribution in [0.25, 0.3) is 0 Å². The number of hydrogen-bond acceptors (Lipinski definition) is 2. The Balaban J connectivity index is 2.26. The van der Waals surface area contributed by atoms with Gasteiger partial charge in [-0.05, 0) is 25.2 Å². The SMILES string of the molecule is CCCC(C)C(O)C(=O)NC1CC1. The molecule has 3 nitrogen and oxygen atoms in total. The van der Waals surface area contributed by atoms with Crippen molar-refractivity contribution in [3.05, 3.63) is 0 Å². The first-order chi connectivity index (χ1) is 6.15. The predicted molar refractivity (Wildman–Crippen MR) is 51.2 cm³/mol. The van der Waals surface area contributed by atoms with Gasteiger partial charge in [0.2, 0.25) is 5.91 Å². The first-order valence-corrected chi connectivity index (χ1v) is 5.13. The standard InChI is InChI=1S/C10H19NO2/c1-3-4-7(2)9(12)10(13)11-8-5-6-8/h7-9,12H,3-6H2,1-2H3,(H,11,13). The molecule has 0 heterocycles. The van der Waals surface area contributed by atoms with Gasteiger partial charge in [-0.25, -0.2) is 0 Å². The monoisotopic (exact) mass is 185 g/mol. The second kappa shape index (κ2) is 4.61. The predicted octanol–water partition coefficient (Wildman–Crippen LogP) is 1.06. The number of carbonyl (C=O) groups excluding carboxylic acids is 1. The lowest BCUT2D eigenvalue weighted by Crippen LogP contribution is -2.39. The summed E-state index contributed by atoms with van der Waals surface area (Å²) in [4.78, 5) is 11.3. The topological polar surface area (TPSA) is 49.3 Å². The molecule has 0 bridgehead atoms. The summed E-state index contributed by atoms with van der Waals surface area (Å²) in [6.07, 6.45) is 3.23. The van der Waals surface area contributed by atoms with Crippen LogP contribution in [-0.2, 0) is 4.79 Å². The van der Waals surface area contributed by atoms with E-state index in [0.717, 1.165) is 25.7 Å². The van der Waals surface area contributed by atoms with Crippen molar-refractivity contribution in [3.63, 3.8) is 0 Å². The largest absolute Gasteiger partial charge is 0.383 e. The van der Waals surface area contributed by atoms with E-state index in [2.05, 4.69) is 12.2 Å². The van der Waals surface area contributed by atoms with Gasteiger partial charge >= 0.3 is 0 Å². The van der Waals surface area contributed by atoms with Crippen LogP contribution in [0, 0.1) is 5.92 Å². The average Bonchev–Trinajstić information content (AvgIpc) is 2.87. The van der Waals surface area contributed by atoms with E-state index in [-0.39, 0.29) is 11.8 Å². The molecule has 0 aliphatic heterocycles. The highest BCUT2D eigenvalue weighted by Gasteiger charge is 2.28. The minimum Gasteiger partial charge on any atom is -0.383 e. The summed E-state index contributed by atoms with van der Waals surface area (Å²) in [5.74, 6) is -0.118. The van der Waals surface area contributed by atoms with Crippen molar-refractivity contribution in [3.8, 4) is 0 Å². The van der Waals surface area contributed by atoms with Gasteiger partial charge in [-0.1, -0.05) is 20.3 Å². The molecule has 0 aromatic carbocycles. The molecule has 1 aliphatic carbocycles. The van der Waals surface area contributed by atoms with Crippen LogP contribution >= 0.6 is 0 Å². The fourth-order valence-corrected chi connectivity index (χ4v) is 1.39. The number of nitrogens with one attached hydrogen (secondary N) is 1. The number of aliphatic hydroxyl groups excluding tert-OH is 1. The second-order valence-electron chi connectivity index (χ2n) is 3.99. The normalized spacial score (nSPS) is 20.8. The van der Waals surface area contributed by atoms with Crippen LogP contribution in [0.15, 0.2) is 0 Å². The van der Waals surface area contributed by atoms with Gasteiger partial charge in [0.1, 0.15) is 6.10 Å². The maximum atomic E-state index is 11.3. The first-order valence-electron chi connectivity index (χ1n) is 5.13. The summed E-state index contributed by atoms with van der Waals surface area (Å²) in [5, 5.41) is 12.4. The van der Waals surface area contributed by atoms with Crippen molar-refractivity contribution in [1.29, 1.82) is 0 Å². The first kappa shape index (κ1) is 10.5. The van der Waals surface area contributed by atoms with E-state index >= 15 is 0 Å². The zero-order valence-corrected chi connectivity index (χ0v) is 8.42. The summed E-state index contributed by atoms with van der Waals surface area (Å²) in [6, 6.07) is 0.343. The Morgan fingerprint density at radius 3 is 2.69 bits per heavy atom. The molecule has 2 unspecified atom stereocenters. The molecule has 2 N–H and O–H groups in total. The number of hydrogen-bond donors (Lipinski definition) is 2. The van der Waals surface area contributed by atoms with E-state index in [0.29, 0.717) is 6.04 Å². The zero-order chi connectivity index (χ0) is 9.84. The maximum Gasteiger partial charge on any atom is 0.249 e. The molecule has 0 radical (unpaired) electrons. The Bertz CT molecular complexity index is 178. The molecular weight excluding hydrogens is 166 g/mol. The van der Waals surface area contributed by atoms with Gasteiger partial charge in [-0.15, -0.1) is 0 Å². The van der Waals surface area contributed by atoms with Gasteiger partial charge < -0.3 is 10.4 Å². The lowest BCUT2D eigenvalue weighted by molar-refractivity contribution is -0.132. The van der Waals surface area contributed by atoms with Gasteiger partial charge in [0.15, 0.2) is 0 Å². The molecule has 3 heteroatoms. The molecule has 1 fully saturated rings. The van der Waals surface area contributed by atoms with Crippen LogP contribution in [-0.4, -0.2) is 23.2 Å². The smallest absolute Gasteiger partial charge is 0.249 e. The van der Waals surface area contributed by atoms with Crippen LogP contribution in [0.3, 0.4) is 0 Å². The number of aliphatic hydroxyl groups is 1. The highest BCUT2D eigenvalue weighted by molar-refractivity contribution is 5.81. The summed E-state index contributed by atoms with van der Waals surface area (Å²) in [6.45, 7) is 3.97. The van der Waals surface area contributed by atoms with Gasteiger partial charge in [0, 0.05) is 6.04 Å². The summed E-state index contributed by atoms with van der Waals surface area (Å²) in [7, 11) is 0. The van der Waals surface area contributed by atoms with Crippen LogP contribution in [0.4, 0.5) is 0 Å². The molecule has 0 aromatic rings. The minimum atomic E-state index is -0.819. The second-order valence-corrected chi connectivity index (χ2v) is 3.99. The third kappa shape index (κ3) is 3.35. The fourth-order valence-electron chi connectivity index (χ4n) is 1.39. The molecule has 1 amide bonds. The average molecular weight is 185 g/mol. The lowest BCUT2D eigenvalue weighted by atomic mass is 9.99. The summed E-state index contributed by atoms with van der Waals surface area (Å²) < 4.78 is 0. The van der Waals surface area contributed by atoms with Crippen LogP contribution < -0.4 is 5.32 Å². The zero-order valence-electron chi connectivity index (χ0n) is 8.42. The number of amides is 1. The van der Waals surface area contributed by atoms with Gasteiger partial charge in [-0.3, -0.25) is 4.79 Å². The maximum absolute atomic E-state index is 11.3. The number of rotatable bonds is 5. The van der Waals surface area contributed by atoms with Crippen LogP contribution in [0.5, 0.6) is 0 Å². The molecule has 0 saturated heterocycles. The molecule has 76 valence electrons. The molecular formula is C10H19NO2. The van der Waals surface area contributed by atoms with Crippen LogP contribution in [0.2, 0.25) is 0 Å². The molecule has 2 atom stereocenters. The number of carbonyl (C=O) groups is 1. The van der Waals surface area contributed by atoms with Crippen molar-refractivity contribution in [2.24, 2.45) is 5.92 Å². The van der Waals surface area contributed by atoms with Crippen molar-refractivity contribution in [1.82, 2.24) is 5.32 Å². The lowest BCUT2D eigenvalue weighted by Gasteiger charge is -2.17. The Labute approximate surface area is 79.5 Å². The fraction of sp³-hybridized carbons (Fsp3) is 0.900. The van der Waals surface area contributed by atoms with Crippen molar-refractivity contribution < 1.29 is 9.90 Å². The van der Waals surface area contributed by atoms with E-state index in [9.17, 15) is 9.90 Å². The summed E-state index contributed by atoms with van der Waals surface area (Å²) in [5.41, 5.74) is 0. The molecule has 1 rings (SSSR count). The van der Waals surface area contributed by atoms with Gasteiger partial charge in [-0.2, -0.15) is 0 Å². The molecule has 13 heavy (non-hydrogen) atoms. The van der Waals surface area contributed by atoms with E-state index < -0.39 is 6.10 Å². The third-order valence-corrected chi connectivity index (χ3v) is 2.48. The Morgan fingerprint density at radius 2 is 2.23 bits per heavy atom. The van der Waals surface area contributed by atoms with E-state index in [1.165, 1.54) is 0 Å². The van der Waals surface area contributed by atoms with Gasteiger partial charge in [0.05, 0.1) is 0 Å². The highest BCUT2D eigenvalue weighted by Crippen LogP contribution is 2.19. The van der Waals surface area contributed by atoms with Crippen molar-refractivity contribution in [2.75, 3.05) is 0 Å². The quantitative estimate of drug-likeness (QED) is 0.673. The van der Waals surface area contributed by atoms with Crippen molar-refractivity contribution in [2.45, 2.75) is 51.7 Å². The highest BCUT2D eigenvalue weighted by atomic mass is 16.3. The van der Waals surface area contributed by atoms with E-state index in [1.807, 2.05) is 6.92 Å². The van der Waals surface area contributed by atoms with E-state index in [1.54, 1.807) is 0 Å². The van der Waals surface area contributed by atoms with Gasteiger partial charge in [0.25, 0.3) is 0 Å². The molecule has 1 aliphatic rings. The molecule has 0 aromatic heterocycles. The summed E-state index contributed by atoms with van der Waals surface area (Å²) >= 11 is 0. The van der Waals surface area contributed by atoms with E-state index in [4.69, 9.17) is 0 Å². The third-order valence-electron chi connectivity index (χ3n) is 2.48. The molecule has 0 spiro atoms. The van der Waals surface area contributed by atoms with Crippen LogP contribution in [0.1, 0.15) is 39.5 Å². The Kier molecular flexibility index (Phi) is 3.72. The Morgan fingerprint density at radius 1 is 1.62 bits per heavy atom. The molecule has 1 saturated carbocycles. The van der Waals surface area contributed by atoms with Crippen molar-refractivity contribution >= 4 is 5.91 Å². The minimum absolute atomic E-state index is 0.0729.